The fourth-order valence-electron chi connectivity index (χ4n) is 4.52. The minimum absolute atomic E-state index is 0.597. The quantitative estimate of drug-likeness (QED) is 0.577. The van der Waals surface area contributed by atoms with Crippen LogP contribution in [0.5, 0.6) is 0 Å². The molecule has 5 heteroatoms. The Morgan fingerprint density at radius 1 is 1.00 bits per heavy atom. The van der Waals surface area contributed by atoms with E-state index in [1.165, 1.54) is 82.4 Å². The van der Waals surface area contributed by atoms with Gasteiger partial charge in [0.2, 0.25) is 0 Å². The average Bonchev–Trinajstić information content (AvgIpc) is 2.68. The molecule has 2 aliphatic heterocycles. The molecule has 0 aromatic heterocycles. The van der Waals surface area contributed by atoms with Gasteiger partial charge in [-0.1, -0.05) is 19.3 Å². The number of thioether (sulfide) groups is 1. The predicted molar refractivity (Wildman–Crippen MR) is 111 cm³/mol. The van der Waals surface area contributed by atoms with Gasteiger partial charge in [0, 0.05) is 38.3 Å². The highest BCUT2D eigenvalue weighted by Gasteiger charge is 2.26. The van der Waals surface area contributed by atoms with Crippen molar-refractivity contribution in [2.75, 3.05) is 37.7 Å². The van der Waals surface area contributed by atoms with Gasteiger partial charge in [-0.2, -0.15) is 11.8 Å². The summed E-state index contributed by atoms with van der Waals surface area (Å²) in [5.74, 6) is 4.50. The summed E-state index contributed by atoms with van der Waals surface area (Å²) < 4.78 is 0. The molecular formula is C20H38N4S. The molecule has 0 unspecified atom stereocenters. The van der Waals surface area contributed by atoms with E-state index in [1.807, 2.05) is 0 Å². The van der Waals surface area contributed by atoms with Crippen LogP contribution in [0, 0.1) is 5.92 Å². The number of aliphatic imine (C=N–C) groups is 1. The van der Waals surface area contributed by atoms with Crippen LogP contribution in [0.1, 0.15) is 64.7 Å². The highest BCUT2D eigenvalue weighted by atomic mass is 32.2. The van der Waals surface area contributed by atoms with Crippen LogP contribution in [0.4, 0.5) is 0 Å². The van der Waals surface area contributed by atoms with Crippen molar-refractivity contribution in [3.8, 4) is 0 Å². The molecule has 0 bridgehead atoms. The van der Waals surface area contributed by atoms with Gasteiger partial charge in [0.25, 0.3) is 0 Å². The molecule has 25 heavy (non-hydrogen) atoms. The Morgan fingerprint density at radius 2 is 1.72 bits per heavy atom. The van der Waals surface area contributed by atoms with Gasteiger partial charge in [0.1, 0.15) is 0 Å². The Kier molecular flexibility index (Phi) is 8.25. The normalized spacial score (nSPS) is 25.9. The van der Waals surface area contributed by atoms with Crippen LogP contribution in [-0.2, 0) is 0 Å². The summed E-state index contributed by atoms with van der Waals surface area (Å²) in [4.78, 5) is 7.68. The highest BCUT2D eigenvalue weighted by Crippen LogP contribution is 2.25. The number of nitrogens with one attached hydrogen (secondary N) is 2. The molecule has 3 fully saturated rings. The molecule has 2 heterocycles. The average molecular weight is 367 g/mol. The summed E-state index contributed by atoms with van der Waals surface area (Å²) in [6.45, 7) is 6.65. The van der Waals surface area contributed by atoms with E-state index in [9.17, 15) is 0 Å². The Bertz CT molecular complexity index is 395. The first-order valence-electron chi connectivity index (χ1n) is 10.7. The van der Waals surface area contributed by atoms with Gasteiger partial charge in [-0.15, -0.1) is 0 Å². The third kappa shape index (κ3) is 6.35. The third-order valence-corrected chi connectivity index (χ3v) is 7.20. The van der Waals surface area contributed by atoms with Gasteiger partial charge in [-0.3, -0.25) is 4.99 Å². The molecule has 0 spiro atoms. The Labute approximate surface area is 159 Å². The zero-order chi connectivity index (χ0) is 17.3. The molecule has 2 saturated heterocycles. The van der Waals surface area contributed by atoms with Crippen molar-refractivity contribution < 1.29 is 0 Å². The molecule has 4 nitrogen and oxygen atoms in total. The summed E-state index contributed by atoms with van der Waals surface area (Å²) in [7, 11) is 0. The number of piperidine rings is 1. The topological polar surface area (TPSA) is 39.7 Å². The largest absolute Gasteiger partial charge is 0.357 e. The summed E-state index contributed by atoms with van der Waals surface area (Å²) in [6.07, 6.45) is 12.4. The Hall–Kier alpha value is -0.420. The molecule has 2 N–H and O–H groups in total. The maximum atomic E-state index is 4.91. The fourth-order valence-corrected chi connectivity index (χ4v) is 5.72. The van der Waals surface area contributed by atoms with Crippen LogP contribution in [0.25, 0.3) is 0 Å². The molecule has 3 aliphatic rings. The standard InChI is InChI=1S/C20H38N4S/c1-2-21-20(22-16-17-10-14-25-15-11-17)23-18-8-12-24(13-9-18)19-6-4-3-5-7-19/h17-19H,2-16H2,1H3,(H2,21,22,23). The predicted octanol–water partition coefficient (Wildman–Crippen LogP) is 3.48. The molecule has 0 aromatic rings. The number of hydrogen-bond acceptors (Lipinski definition) is 3. The first-order valence-corrected chi connectivity index (χ1v) is 11.9. The molecule has 1 saturated carbocycles. The van der Waals surface area contributed by atoms with Crippen molar-refractivity contribution >= 4 is 17.7 Å². The first kappa shape index (κ1) is 19.3. The summed E-state index contributed by atoms with van der Waals surface area (Å²) >= 11 is 2.10. The maximum absolute atomic E-state index is 4.91. The lowest BCUT2D eigenvalue weighted by molar-refractivity contribution is 0.119. The molecule has 3 rings (SSSR count). The van der Waals surface area contributed by atoms with Crippen LogP contribution >= 0.6 is 11.8 Å². The minimum Gasteiger partial charge on any atom is -0.357 e. The van der Waals surface area contributed by atoms with E-state index in [-0.39, 0.29) is 0 Å². The Morgan fingerprint density at radius 3 is 2.40 bits per heavy atom. The third-order valence-electron chi connectivity index (χ3n) is 6.15. The second-order valence-electron chi connectivity index (χ2n) is 8.02. The second kappa shape index (κ2) is 10.7. The zero-order valence-electron chi connectivity index (χ0n) is 16.1. The highest BCUT2D eigenvalue weighted by molar-refractivity contribution is 7.99. The summed E-state index contributed by atoms with van der Waals surface area (Å²) in [5, 5.41) is 7.19. The number of guanidine groups is 1. The molecule has 0 aromatic carbocycles. The summed E-state index contributed by atoms with van der Waals surface area (Å²) in [5.41, 5.74) is 0. The monoisotopic (exact) mass is 366 g/mol. The maximum Gasteiger partial charge on any atom is 0.191 e. The lowest BCUT2D eigenvalue weighted by atomic mass is 9.92. The van der Waals surface area contributed by atoms with Crippen molar-refractivity contribution in [2.45, 2.75) is 76.8 Å². The number of hydrogen-bond donors (Lipinski definition) is 2. The van der Waals surface area contributed by atoms with Gasteiger partial charge < -0.3 is 15.5 Å². The van der Waals surface area contributed by atoms with Gasteiger partial charge in [-0.25, -0.2) is 0 Å². The van der Waals surface area contributed by atoms with Crippen LogP contribution in [0.3, 0.4) is 0 Å². The lowest BCUT2D eigenvalue weighted by Gasteiger charge is -2.39. The van der Waals surface area contributed by atoms with Gasteiger partial charge in [-0.05, 0) is 62.9 Å². The zero-order valence-corrected chi connectivity index (χ0v) is 17.0. The van der Waals surface area contributed by atoms with Gasteiger partial charge in [0.15, 0.2) is 5.96 Å². The van der Waals surface area contributed by atoms with Crippen LogP contribution in [0.15, 0.2) is 4.99 Å². The molecule has 1 aliphatic carbocycles. The van der Waals surface area contributed by atoms with Crippen molar-refractivity contribution in [3.63, 3.8) is 0 Å². The van der Waals surface area contributed by atoms with Crippen LogP contribution in [0.2, 0.25) is 0 Å². The molecule has 0 radical (unpaired) electrons. The van der Waals surface area contributed by atoms with Crippen molar-refractivity contribution in [3.05, 3.63) is 0 Å². The number of likely N-dealkylation sites (tertiary alicyclic amines) is 1. The minimum atomic E-state index is 0.597. The lowest BCUT2D eigenvalue weighted by Crippen LogP contribution is -2.51. The van der Waals surface area contributed by atoms with Crippen LogP contribution in [-0.4, -0.2) is 60.6 Å². The Balaban J connectivity index is 1.42. The number of nitrogens with zero attached hydrogens (tertiary/aromatic N) is 2. The van der Waals surface area contributed by atoms with E-state index in [0.717, 1.165) is 31.0 Å². The smallest absolute Gasteiger partial charge is 0.191 e. The van der Waals surface area contributed by atoms with E-state index in [1.54, 1.807) is 0 Å². The van der Waals surface area contributed by atoms with E-state index < -0.39 is 0 Å². The van der Waals surface area contributed by atoms with Crippen molar-refractivity contribution in [1.82, 2.24) is 15.5 Å². The SMILES string of the molecule is CCNC(=NCC1CCSCC1)NC1CCN(C2CCCCC2)CC1. The van der Waals surface area contributed by atoms with Gasteiger partial charge in [0.05, 0.1) is 0 Å². The van der Waals surface area contributed by atoms with E-state index in [4.69, 9.17) is 4.99 Å². The molecule has 144 valence electrons. The van der Waals surface area contributed by atoms with E-state index >= 15 is 0 Å². The van der Waals surface area contributed by atoms with E-state index in [2.05, 4.69) is 34.2 Å². The molecule has 0 amide bonds. The number of rotatable bonds is 5. The molecule has 0 atom stereocenters. The van der Waals surface area contributed by atoms with Gasteiger partial charge >= 0.3 is 0 Å². The van der Waals surface area contributed by atoms with Crippen LogP contribution < -0.4 is 10.6 Å². The molecular weight excluding hydrogens is 328 g/mol. The fraction of sp³-hybridized carbons (Fsp3) is 0.950. The van der Waals surface area contributed by atoms with Crippen molar-refractivity contribution in [2.24, 2.45) is 10.9 Å². The first-order chi connectivity index (χ1) is 12.3. The van der Waals surface area contributed by atoms with Crippen molar-refractivity contribution in [1.29, 1.82) is 0 Å². The summed E-state index contributed by atoms with van der Waals surface area (Å²) in [6, 6.07) is 1.47. The van der Waals surface area contributed by atoms with E-state index in [0.29, 0.717) is 6.04 Å². The second-order valence-corrected chi connectivity index (χ2v) is 9.25.